The molecule has 6 heteroatoms. The summed E-state index contributed by atoms with van der Waals surface area (Å²) in [4.78, 5) is 24.1. The zero-order valence-electron chi connectivity index (χ0n) is 13.6. The highest BCUT2D eigenvalue weighted by molar-refractivity contribution is 5.93. The second-order valence-electron chi connectivity index (χ2n) is 5.78. The predicted octanol–water partition coefficient (Wildman–Crippen LogP) is 1.34. The lowest BCUT2D eigenvalue weighted by molar-refractivity contribution is 0.0915. The van der Waals surface area contributed by atoms with Crippen molar-refractivity contribution >= 4 is 16.8 Å². The number of fused-ring (bicyclic) bond motifs is 1. The van der Waals surface area contributed by atoms with Crippen molar-refractivity contribution in [3.05, 3.63) is 70.3 Å². The number of benzene rings is 1. The normalized spacial score (nSPS) is 12.3. The summed E-state index contributed by atoms with van der Waals surface area (Å²) in [5.41, 5.74) is 1.45. The van der Waals surface area contributed by atoms with E-state index in [2.05, 4.69) is 5.32 Å². The average Bonchev–Trinajstić information content (AvgIpc) is 2.92. The number of aryl methyl sites for hydroxylation is 2. The van der Waals surface area contributed by atoms with Crippen LogP contribution >= 0.6 is 0 Å². The molecule has 0 saturated heterocycles. The van der Waals surface area contributed by atoms with E-state index in [0.29, 0.717) is 0 Å². The summed E-state index contributed by atoms with van der Waals surface area (Å²) in [5.74, 6) is -0.490. The molecule has 124 valence electrons. The molecular weight excluding hydrogens is 306 g/mol. The molecule has 6 nitrogen and oxygen atoms in total. The summed E-state index contributed by atoms with van der Waals surface area (Å²) in [6.45, 7) is 0.0326. The first-order valence-corrected chi connectivity index (χ1v) is 7.65. The summed E-state index contributed by atoms with van der Waals surface area (Å²) in [6, 6.07) is 10.9. The molecule has 2 N–H and O–H groups in total. The van der Waals surface area contributed by atoms with Gasteiger partial charge in [0.25, 0.3) is 11.5 Å². The van der Waals surface area contributed by atoms with E-state index in [4.69, 9.17) is 0 Å². The Morgan fingerprint density at radius 1 is 1.17 bits per heavy atom. The molecule has 2 heterocycles. The molecular formula is C18H19N3O3. The fourth-order valence-electron chi connectivity index (χ4n) is 2.80. The van der Waals surface area contributed by atoms with Crippen molar-refractivity contribution in [2.45, 2.75) is 6.10 Å². The van der Waals surface area contributed by atoms with Gasteiger partial charge in [-0.1, -0.05) is 18.2 Å². The molecule has 0 aliphatic carbocycles. The second-order valence-corrected chi connectivity index (χ2v) is 5.78. The molecule has 0 radical (unpaired) electrons. The van der Waals surface area contributed by atoms with Gasteiger partial charge in [0.1, 0.15) is 5.56 Å². The minimum absolute atomic E-state index is 0.0326. The van der Waals surface area contributed by atoms with Crippen LogP contribution in [0.15, 0.2) is 53.6 Å². The number of para-hydroxylation sites is 1. The predicted molar refractivity (Wildman–Crippen MR) is 91.9 cm³/mol. The largest absolute Gasteiger partial charge is 0.386 e. The molecule has 0 spiro atoms. The van der Waals surface area contributed by atoms with Crippen LogP contribution in [0.2, 0.25) is 0 Å². The van der Waals surface area contributed by atoms with E-state index in [1.807, 2.05) is 42.1 Å². The summed E-state index contributed by atoms with van der Waals surface area (Å²) in [5, 5.41) is 14.0. The molecule has 0 aliphatic heterocycles. The standard InChI is InChI=1S/C18H19N3O3/c1-20-9-5-7-13(18(20)24)17(23)19-10-16(22)14-11-21(2)15-8-4-3-6-12(14)15/h3-9,11,16,22H,10H2,1-2H3,(H,19,23). The van der Waals surface area contributed by atoms with Crippen LogP contribution in [-0.4, -0.2) is 26.7 Å². The zero-order chi connectivity index (χ0) is 17.3. The maximum atomic E-state index is 12.2. The lowest BCUT2D eigenvalue weighted by Crippen LogP contribution is -2.34. The van der Waals surface area contributed by atoms with E-state index >= 15 is 0 Å². The van der Waals surface area contributed by atoms with Gasteiger partial charge in [-0.3, -0.25) is 9.59 Å². The molecule has 3 aromatic rings. The Bertz CT molecular complexity index is 956. The van der Waals surface area contributed by atoms with Gasteiger partial charge in [-0.15, -0.1) is 0 Å². The highest BCUT2D eigenvalue weighted by atomic mass is 16.3. The van der Waals surface area contributed by atoms with E-state index in [9.17, 15) is 14.7 Å². The number of pyridine rings is 1. The maximum absolute atomic E-state index is 12.2. The van der Waals surface area contributed by atoms with Crippen molar-refractivity contribution in [1.82, 2.24) is 14.5 Å². The molecule has 1 atom stereocenters. The molecule has 1 aromatic carbocycles. The number of aromatic nitrogens is 2. The summed E-state index contributed by atoms with van der Waals surface area (Å²) in [7, 11) is 3.49. The summed E-state index contributed by atoms with van der Waals surface area (Å²) >= 11 is 0. The fourth-order valence-corrected chi connectivity index (χ4v) is 2.80. The smallest absolute Gasteiger partial charge is 0.263 e. The molecule has 1 unspecified atom stereocenters. The van der Waals surface area contributed by atoms with Gasteiger partial charge in [0.2, 0.25) is 0 Å². The third-order valence-electron chi connectivity index (χ3n) is 4.11. The van der Waals surface area contributed by atoms with Crippen LogP contribution in [0, 0.1) is 0 Å². The van der Waals surface area contributed by atoms with E-state index in [0.717, 1.165) is 16.5 Å². The van der Waals surface area contributed by atoms with Crippen LogP contribution in [0.4, 0.5) is 0 Å². The maximum Gasteiger partial charge on any atom is 0.263 e. The lowest BCUT2D eigenvalue weighted by atomic mass is 10.1. The van der Waals surface area contributed by atoms with Crippen molar-refractivity contribution in [1.29, 1.82) is 0 Å². The third kappa shape index (κ3) is 2.83. The van der Waals surface area contributed by atoms with Crippen LogP contribution in [0.3, 0.4) is 0 Å². The second kappa shape index (κ2) is 6.33. The molecule has 0 saturated carbocycles. The molecule has 24 heavy (non-hydrogen) atoms. The fraction of sp³-hybridized carbons (Fsp3) is 0.222. The van der Waals surface area contributed by atoms with Gasteiger partial charge < -0.3 is 19.6 Å². The minimum atomic E-state index is -0.854. The number of hydrogen-bond donors (Lipinski definition) is 2. The Morgan fingerprint density at radius 3 is 2.71 bits per heavy atom. The molecule has 1 amide bonds. The van der Waals surface area contributed by atoms with Crippen LogP contribution in [0.25, 0.3) is 10.9 Å². The van der Waals surface area contributed by atoms with Crippen LogP contribution in [-0.2, 0) is 14.1 Å². The Balaban J connectivity index is 1.77. The van der Waals surface area contributed by atoms with Crippen molar-refractivity contribution in [2.24, 2.45) is 14.1 Å². The Kier molecular flexibility index (Phi) is 4.22. The highest BCUT2D eigenvalue weighted by Crippen LogP contribution is 2.25. The first kappa shape index (κ1) is 16.0. The number of hydrogen-bond acceptors (Lipinski definition) is 3. The van der Waals surface area contributed by atoms with Gasteiger partial charge in [0.15, 0.2) is 0 Å². The molecule has 0 bridgehead atoms. The summed E-state index contributed by atoms with van der Waals surface area (Å²) in [6.07, 6.45) is 2.58. The van der Waals surface area contributed by atoms with Crippen molar-refractivity contribution < 1.29 is 9.90 Å². The number of aliphatic hydroxyl groups excluding tert-OH is 1. The number of carbonyl (C=O) groups excluding carboxylic acids is 1. The van der Waals surface area contributed by atoms with E-state index < -0.39 is 12.0 Å². The molecule has 3 rings (SSSR count). The third-order valence-corrected chi connectivity index (χ3v) is 4.11. The highest BCUT2D eigenvalue weighted by Gasteiger charge is 2.17. The monoisotopic (exact) mass is 325 g/mol. The Labute approximate surface area is 139 Å². The number of rotatable bonds is 4. The number of aliphatic hydroxyl groups is 1. The van der Waals surface area contributed by atoms with Crippen LogP contribution in [0.5, 0.6) is 0 Å². The quantitative estimate of drug-likeness (QED) is 0.760. The van der Waals surface area contributed by atoms with Crippen molar-refractivity contribution in [2.75, 3.05) is 6.54 Å². The van der Waals surface area contributed by atoms with Crippen LogP contribution < -0.4 is 10.9 Å². The molecule has 0 fully saturated rings. The van der Waals surface area contributed by atoms with Crippen molar-refractivity contribution in [3.63, 3.8) is 0 Å². The Morgan fingerprint density at radius 2 is 1.92 bits per heavy atom. The van der Waals surface area contributed by atoms with Gasteiger partial charge in [-0.25, -0.2) is 0 Å². The topological polar surface area (TPSA) is 76.3 Å². The first-order chi connectivity index (χ1) is 11.5. The number of nitrogens with zero attached hydrogens (tertiary/aromatic N) is 2. The van der Waals surface area contributed by atoms with Crippen molar-refractivity contribution in [3.8, 4) is 0 Å². The summed E-state index contributed by atoms with van der Waals surface area (Å²) < 4.78 is 3.28. The van der Waals surface area contributed by atoms with Crippen LogP contribution in [0.1, 0.15) is 22.0 Å². The van der Waals surface area contributed by atoms with Gasteiger partial charge in [-0.05, 0) is 18.2 Å². The van der Waals surface area contributed by atoms with Gasteiger partial charge in [0.05, 0.1) is 6.10 Å². The SMILES string of the molecule is Cn1cccc(C(=O)NCC(O)c2cn(C)c3ccccc23)c1=O. The first-order valence-electron chi connectivity index (χ1n) is 7.65. The average molecular weight is 325 g/mol. The number of amides is 1. The Hall–Kier alpha value is -2.86. The van der Waals surface area contributed by atoms with Gasteiger partial charge in [-0.2, -0.15) is 0 Å². The van der Waals surface area contributed by atoms with Gasteiger partial charge in [0, 0.05) is 49.5 Å². The zero-order valence-corrected chi connectivity index (χ0v) is 13.6. The molecule has 0 aliphatic rings. The van der Waals surface area contributed by atoms with E-state index in [1.165, 1.54) is 10.6 Å². The number of carbonyl (C=O) groups is 1. The van der Waals surface area contributed by atoms with Gasteiger partial charge >= 0.3 is 0 Å². The minimum Gasteiger partial charge on any atom is -0.386 e. The number of nitrogens with one attached hydrogen (secondary N) is 1. The van der Waals surface area contributed by atoms with E-state index in [-0.39, 0.29) is 17.7 Å². The lowest BCUT2D eigenvalue weighted by Gasteiger charge is -2.11. The van der Waals surface area contributed by atoms with E-state index in [1.54, 1.807) is 19.3 Å². The molecule has 2 aromatic heterocycles.